The van der Waals surface area contributed by atoms with Gasteiger partial charge in [-0.25, -0.2) is 4.79 Å². The fourth-order valence-electron chi connectivity index (χ4n) is 3.26. The number of rotatable bonds is 3. The lowest BCUT2D eigenvalue weighted by atomic mass is 10.1. The van der Waals surface area contributed by atoms with Crippen LogP contribution in [0.4, 0.5) is 0 Å². The van der Waals surface area contributed by atoms with Crippen molar-refractivity contribution >= 4 is 16.8 Å². The van der Waals surface area contributed by atoms with Crippen molar-refractivity contribution < 1.29 is 13.9 Å². The minimum absolute atomic E-state index is 0.00712. The molecule has 1 fully saturated rings. The molecule has 1 N–H and O–H groups in total. The molecule has 1 aliphatic rings. The fourth-order valence-corrected chi connectivity index (χ4v) is 3.26. The van der Waals surface area contributed by atoms with Gasteiger partial charge in [0.2, 0.25) is 0 Å². The van der Waals surface area contributed by atoms with Gasteiger partial charge in [0.15, 0.2) is 0 Å². The number of aromatic nitrogens is 1. The average Bonchev–Trinajstić information content (AvgIpc) is 3.20. The molecule has 4 rings (SSSR count). The summed E-state index contributed by atoms with van der Waals surface area (Å²) in [5.41, 5.74) is 1.19. The lowest BCUT2D eigenvalue weighted by molar-refractivity contribution is 0.0774. The second kappa shape index (κ2) is 6.12. The molecule has 128 valence electrons. The third-order valence-corrected chi connectivity index (χ3v) is 4.42. The van der Waals surface area contributed by atoms with Crippen molar-refractivity contribution in [2.45, 2.75) is 19.4 Å². The topological polar surface area (TPSA) is 75.5 Å². The monoisotopic (exact) mass is 338 g/mol. The second-order valence-corrected chi connectivity index (χ2v) is 6.25. The first-order chi connectivity index (χ1) is 12.1. The van der Waals surface area contributed by atoms with E-state index in [1.165, 1.54) is 6.07 Å². The van der Waals surface area contributed by atoms with Crippen molar-refractivity contribution in [1.82, 2.24) is 9.88 Å². The molecule has 0 unspecified atom stereocenters. The summed E-state index contributed by atoms with van der Waals surface area (Å²) in [7, 11) is 0. The van der Waals surface area contributed by atoms with Crippen LogP contribution in [0.1, 0.15) is 22.5 Å². The first kappa shape index (κ1) is 15.5. The number of amides is 1. The van der Waals surface area contributed by atoms with Gasteiger partial charge in [-0.2, -0.15) is 0 Å². The van der Waals surface area contributed by atoms with Crippen LogP contribution >= 0.6 is 0 Å². The van der Waals surface area contributed by atoms with E-state index in [1.54, 1.807) is 24.1 Å². The first-order valence-electron chi connectivity index (χ1n) is 8.24. The molecule has 2 aromatic heterocycles. The van der Waals surface area contributed by atoms with E-state index in [4.69, 9.17) is 9.15 Å². The number of hydrogen-bond acceptors (Lipinski definition) is 4. The zero-order valence-electron chi connectivity index (χ0n) is 13.8. The fraction of sp³-hybridized carbons (Fsp3) is 0.263. The molecule has 1 aromatic carbocycles. The van der Waals surface area contributed by atoms with Crippen molar-refractivity contribution in [2.75, 3.05) is 13.1 Å². The molecule has 1 saturated heterocycles. The maximum Gasteiger partial charge on any atom is 0.339 e. The Morgan fingerprint density at radius 3 is 3.00 bits per heavy atom. The lowest BCUT2D eigenvalue weighted by Crippen LogP contribution is -2.30. The Hall–Kier alpha value is -3.02. The van der Waals surface area contributed by atoms with Gasteiger partial charge in [0.05, 0.1) is 18.2 Å². The number of benzene rings is 1. The summed E-state index contributed by atoms with van der Waals surface area (Å²) in [5.74, 6) is 0.986. The Bertz CT molecular complexity index is 988. The van der Waals surface area contributed by atoms with Crippen LogP contribution < -0.4 is 10.4 Å². The van der Waals surface area contributed by atoms with Crippen LogP contribution in [0.5, 0.6) is 5.75 Å². The number of nitrogens with one attached hydrogen (secondary N) is 1. The molecule has 0 bridgehead atoms. The van der Waals surface area contributed by atoms with E-state index in [0.717, 1.165) is 17.3 Å². The Morgan fingerprint density at radius 1 is 1.32 bits per heavy atom. The Balaban J connectivity index is 1.48. The predicted octanol–water partition coefficient (Wildman–Crippen LogP) is 2.72. The Kier molecular flexibility index (Phi) is 3.80. The molecular formula is C19H18N2O4. The third-order valence-electron chi connectivity index (χ3n) is 4.42. The number of ether oxygens (including phenoxy) is 1. The maximum atomic E-state index is 12.8. The van der Waals surface area contributed by atoms with Gasteiger partial charge in [0, 0.05) is 36.1 Å². The zero-order chi connectivity index (χ0) is 17.4. The summed E-state index contributed by atoms with van der Waals surface area (Å²) in [4.78, 5) is 29.2. The van der Waals surface area contributed by atoms with Crippen LogP contribution in [0, 0.1) is 6.92 Å². The molecule has 6 nitrogen and oxygen atoms in total. The average molecular weight is 338 g/mol. The molecule has 0 aliphatic carbocycles. The van der Waals surface area contributed by atoms with Crippen molar-refractivity contribution in [3.63, 3.8) is 0 Å². The van der Waals surface area contributed by atoms with E-state index in [1.807, 2.05) is 24.3 Å². The van der Waals surface area contributed by atoms with Gasteiger partial charge in [-0.3, -0.25) is 4.79 Å². The number of aryl methyl sites for hydroxylation is 1. The van der Waals surface area contributed by atoms with Crippen LogP contribution in [0.3, 0.4) is 0 Å². The molecule has 0 spiro atoms. The maximum absolute atomic E-state index is 12.8. The van der Waals surface area contributed by atoms with Crippen LogP contribution in [-0.2, 0) is 0 Å². The number of fused-ring (bicyclic) bond motifs is 1. The Labute approximate surface area is 144 Å². The van der Waals surface area contributed by atoms with Crippen molar-refractivity contribution in [1.29, 1.82) is 0 Å². The minimum Gasteiger partial charge on any atom is -0.488 e. The summed E-state index contributed by atoms with van der Waals surface area (Å²) in [6.07, 6.45) is 2.36. The van der Waals surface area contributed by atoms with Gasteiger partial charge < -0.3 is 19.0 Å². The molecule has 0 saturated carbocycles. The number of carbonyl (C=O) groups excluding carboxylic acids is 1. The summed E-state index contributed by atoms with van der Waals surface area (Å²) in [5, 5.41) is 0.924. The molecule has 1 amide bonds. The summed E-state index contributed by atoms with van der Waals surface area (Å²) in [6, 6.07) is 10.8. The number of carbonyl (C=O) groups is 1. The molecular weight excluding hydrogens is 320 g/mol. The number of likely N-dealkylation sites (tertiary alicyclic amines) is 1. The number of nitrogens with zero attached hydrogens (tertiary/aromatic N) is 1. The lowest BCUT2D eigenvalue weighted by Gasteiger charge is -2.17. The van der Waals surface area contributed by atoms with Crippen molar-refractivity contribution in [3.8, 4) is 5.75 Å². The quantitative estimate of drug-likeness (QED) is 0.797. The molecule has 6 heteroatoms. The van der Waals surface area contributed by atoms with E-state index in [9.17, 15) is 9.59 Å². The summed E-state index contributed by atoms with van der Waals surface area (Å²) < 4.78 is 10.8. The predicted molar refractivity (Wildman–Crippen MR) is 93.0 cm³/mol. The molecule has 1 atom stereocenters. The SMILES string of the molecule is Cc1cc(O[C@@H]2CCN(C(=O)c3c[nH]c4ccccc34)C2)cc(=O)o1. The van der Waals surface area contributed by atoms with E-state index in [-0.39, 0.29) is 12.0 Å². The van der Waals surface area contributed by atoms with Gasteiger partial charge >= 0.3 is 5.63 Å². The van der Waals surface area contributed by atoms with Gasteiger partial charge in [-0.05, 0) is 13.0 Å². The number of aromatic amines is 1. The van der Waals surface area contributed by atoms with Gasteiger partial charge in [-0.15, -0.1) is 0 Å². The normalized spacial score (nSPS) is 17.2. The minimum atomic E-state index is -0.431. The number of para-hydroxylation sites is 1. The summed E-state index contributed by atoms with van der Waals surface area (Å²) >= 11 is 0. The van der Waals surface area contributed by atoms with Crippen LogP contribution in [0.2, 0.25) is 0 Å². The van der Waals surface area contributed by atoms with Crippen molar-refractivity contribution in [2.24, 2.45) is 0 Å². The molecule has 0 radical (unpaired) electrons. The molecule has 3 aromatic rings. The van der Waals surface area contributed by atoms with Gasteiger partial charge in [-0.1, -0.05) is 18.2 Å². The van der Waals surface area contributed by atoms with Gasteiger partial charge in [0.1, 0.15) is 17.6 Å². The molecule has 3 heterocycles. The van der Waals surface area contributed by atoms with E-state index < -0.39 is 5.63 Å². The number of H-pyrrole nitrogens is 1. The highest BCUT2D eigenvalue weighted by Crippen LogP contribution is 2.23. The highest BCUT2D eigenvalue weighted by Gasteiger charge is 2.29. The highest BCUT2D eigenvalue weighted by atomic mass is 16.5. The first-order valence-corrected chi connectivity index (χ1v) is 8.24. The van der Waals surface area contributed by atoms with E-state index in [0.29, 0.717) is 30.2 Å². The number of hydrogen-bond donors (Lipinski definition) is 1. The van der Waals surface area contributed by atoms with Gasteiger partial charge in [0.25, 0.3) is 5.91 Å². The van der Waals surface area contributed by atoms with Crippen LogP contribution in [-0.4, -0.2) is 35.0 Å². The van der Waals surface area contributed by atoms with E-state index in [2.05, 4.69) is 4.98 Å². The van der Waals surface area contributed by atoms with Crippen molar-refractivity contribution in [3.05, 3.63) is 64.3 Å². The highest BCUT2D eigenvalue weighted by molar-refractivity contribution is 6.06. The zero-order valence-corrected chi connectivity index (χ0v) is 13.8. The Morgan fingerprint density at radius 2 is 2.16 bits per heavy atom. The summed E-state index contributed by atoms with van der Waals surface area (Å²) in [6.45, 7) is 2.83. The smallest absolute Gasteiger partial charge is 0.339 e. The van der Waals surface area contributed by atoms with Crippen LogP contribution in [0.15, 0.2) is 51.8 Å². The molecule has 1 aliphatic heterocycles. The van der Waals surface area contributed by atoms with E-state index >= 15 is 0 Å². The standard InChI is InChI=1S/C19H18N2O4/c1-12-8-14(9-18(22)24-12)25-13-6-7-21(11-13)19(23)16-10-20-17-5-3-2-4-15(16)17/h2-5,8-10,13,20H,6-7,11H2,1H3/t13-/m1/s1. The van der Waals surface area contributed by atoms with Crippen LogP contribution in [0.25, 0.3) is 10.9 Å². The largest absolute Gasteiger partial charge is 0.488 e. The second-order valence-electron chi connectivity index (χ2n) is 6.25. The third kappa shape index (κ3) is 3.03. The molecule has 25 heavy (non-hydrogen) atoms.